The van der Waals surface area contributed by atoms with Gasteiger partial charge in [0.15, 0.2) is 0 Å². The summed E-state index contributed by atoms with van der Waals surface area (Å²) >= 11 is 0. The lowest BCUT2D eigenvalue weighted by molar-refractivity contribution is 0.340. The summed E-state index contributed by atoms with van der Waals surface area (Å²) in [6.07, 6.45) is 1.06. The van der Waals surface area contributed by atoms with Crippen LogP contribution in [0.25, 0.3) is 0 Å². The molecular formula is C13H20N2O. The van der Waals surface area contributed by atoms with E-state index in [-0.39, 0.29) is 5.54 Å². The number of rotatable bonds is 3. The van der Waals surface area contributed by atoms with Gasteiger partial charge in [-0.3, -0.25) is 0 Å². The molecule has 1 aromatic rings. The third-order valence-corrected chi connectivity index (χ3v) is 3.02. The lowest BCUT2D eigenvalue weighted by Gasteiger charge is -2.21. The number of hydrogen-bond acceptors (Lipinski definition) is 3. The normalized spacial score (nSPS) is 24.8. The van der Waals surface area contributed by atoms with Crippen molar-refractivity contribution in [2.24, 2.45) is 5.73 Å². The molecule has 0 aromatic heterocycles. The Bertz CT molecular complexity index is 345. The standard InChI is InChI=1S/C13H20N2O/c1-3-16-12-6-4-11(5-7-12)15-9-8-13(2,14)10-15/h4-7H,3,8-10,14H2,1-2H3. The number of nitrogens with two attached hydrogens (primary N) is 1. The highest BCUT2D eigenvalue weighted by atomic mass is 16.5. The first-order valence-electron chi connectivity index (χ1n) is 5.87. The zero-order chi connectivity index (χ0) is 11.6. The van der Waals surface area contributed by atoms with Crippen molar-refractivity contribution in [3.05, 3.63) is 24.3 Å². The van der Waals surface area contributed by atoms with Crippen LogP contribution in [-0.4, -0.2) is 25.2 Å². The summed E-state index contributed by atoms with van der Waals surface area (Å²) in [4.78, 5) is 2.33. The van der Waals surface area contributed by atoms with Gasteiger partial charge in [0.05, 0.1) is 6.61 Å². The zero-order valence-electron chi connectivity index (χ0n) is 10.1. The van der Waals surface area contributed by atoms with Gasteiger partial charge in [-0.2, -0.15) is 0 Å². The first-order chi connectivity index (χ1) is 7.61. The molecule has 3 heteroatoms. The van der Waals surface area contributed by atoms with E-state index in [1.807, 2.05) is 19.1 Å². The molecule has 0 radical (unpaired) electrons. The maximum atomic E-state index is 6.12. The van der Waals surface area contributed by atoms with Crippen LogP contribution in [0.15, 0.2) is 24.3 Å². The molecule has 0 amide bonds. The van der Waals surface area contributed by atoms with E-state index in [9.17, 15) is 0 Å². The summed E-state index contributed by atoms with van der Waals surface area (Å²) in [7, 11) is 0. The molecule has 1 fully saturated rings. The summed E-state index contributed by atoms with van der Waals surface area (Å²) in [5.74, 6) is 0.931. The van der Waals surface area contributed by atoms with E-state index < -0.39 is 0 Å². The van der Waals surface area contributed by atoms with Crippen LogP contribution in [0.5, 0.6) is 5.75 Å². The third kappa shape index (κ3) is 2.47. The highest BCUT2D eigenvalue weighted by Gasteiger charge is 2.29. The van der Waals surface area contributed by atoms with Gasteiger partial charge < -0.3 is 15.4 Å². The quantitative estimate of drug-likeness (QED) is 0.847. The van der Waals surface area contributed by atoms with Crippen LogP contribution in [0.4, 0.5) is 5.69 Å². The number of nitrogens with zero attached hydrogens (tertiary/aromatic N) is 1. The average Bonchev–Trinajstić information content (AvgIpc) is 2.61. The molecule has 0 spiro atoms. The molecule has 2 N–H and O–H groups in total. The van der Waals surface area contributed by atoms with Gasteiger partial charge in [-0.05, 0) is 44.5 Å². The van der Waals surface area contributed by atoms with Crippen LogP contribution in [0.3, 0.4) is 0 Å². The fraction of sp³-hybridized carbons (Fsp3) is 0.538. The maximum Gasteiger partial charge on any atom is 0.119 e. The second kappa shape index (κ2) is 4.34. The van der Waals surface area contributed by atoms with Crippen LogP contribution in [-0.2, 0) is 0 Å². The molecule has 1 aromatic carbocycles. The molecule has 1 atom stereocenters. The minimum Gasteiger partial charge on any atom is -0.494 e. The number of anilines is 1. The molecule has 88 valence electrons. The number of hydrogen-bond donors (Lipinski definition) is 1. The number of ether oxygens (including phenoxy) is 1. The van der Waals surface area contributed by atoms with Gasteiger partial charge in [-0.15, -0.1) is 0 Å². The van der Waals surface area contributed by atoms with E-state index in [4.69, 9.17) is 10.5 Å². The van der Waals surface area contributed by atoms with Gasteiger partial charge in [0, 0.05) is 24.3 Å². The minimum atomic E-state index is -0.0431. The number of benzene rings is 1. The first-order valence-corrected chi connectivity index (χ1v) is 5.87. The second-order valence-corrected chi connectivity index (χ2v) is 4.75. The Hall–Kier alpha value is -1.22. The van der Waals surface area contributed by atoms with Gasteiger partial charge in [0.1, 0.15) is 5.75 Å². The van der Waals surface area contributed by atoms with Gasteiger partial charge >= 0.3 is 0 Å². The molecule has 2 rings (SSSR count). The Balaban J connectivity index is 2.05. The van der Waals surface area contributed by atoms with Crippen molar-refractivity contribution in [3.63, 3.8) is 0 Å². The molecule has 1 unspecified atom stereocenters. The van der Waals surface area contributed by atoms with E-state index >= 15 is 0 Å². The third-order valence-electron chi connectivity index (χ3n) is 3.02. The molecule has 3 nitrogen and oxygen atoms in total. The van der Waals surface area contributed by atoms with Gasteiger partial charge in [0.2, 0.25) is 0 Å². The highest BCUT2D eigenvalue weighted by molar-refractivity contribution is 5.50. The van der Waals surface area contributed by atoms with Crippen LogP contribution in [0.1, 0.15) is 20.3 Å². The molecule has 0 saturated carbocycles. The van der Waals surface area contributed by atoms with E-state index in [2.05, 4.69) is 24.0 Å². The van der Waals surface area contributed by atoms with Crippen LogP contribution < -0.4 is 15.4 Å². The molecule has 1 saturated heterocycles. The van der Waals surface area contributed by atoms with E-state index in [0.717, 1.165) is 25.3 Å². The van der Waals surface area contributed by atoms with E-state index in [1.165, 1.54) is 5.69 Å². The predicted octanol–water partition coefficient (Wildman–Crippen LogP) is 2.01. The topological polar surface area (TPSA) is 38.5 Å². The van der Waals surface area contributed by atoms with Crippen molar-refractivity contribution in [2.45, 2.75) is 25.8 Å². The van der Waals surface area contributed by atoms with Gasteiger partial charge in [-0.1, -0.05) is 0 Å². The molecule has 1 aliphatic rings. The van der Waals surface area contributed by atoms with Crippen molar-refractivity contribution in [3.8, 4) is 5.75 Å². The molecular weight excluding hydrogens is 200 g/mol. The van der Waals surface area contributed by atoms with Crippen molar-refractivity contribution < 1.29 is 4.74 Å². The van der Waals surface area contributed by atoms with Crippen molar-refractivity contribution in [1.82, 2.24) is 0 Å². The fourth-order valence-corrected chi connectivity index (χ4v) is 2.12. The Kier molecular flexibility index (Phi) is 3.06. The minimum absolute atomic E-state index is 0.0431. The van der Waals surface area contributed by atoms with Crippen molar-refractivity contribution in [2.75, 3.05) is 24.6 Å². The Morgan fingerprint density at radius 3 is 2.56 bits per heavy atom. The van der Waals surface area contributed by atoms with Crippen LogP contribution in [0.2, 0.25) is 0 Å². The first kappa shape index (κ1) is 11.3. The maximum absolute atomic E-state index is 6.12. The summed E-state index contributed by atoms with van der Waals surface area (Å²) in [6, 6.07) is 8.24. The fourth-order valence-electron chi connectivity index (χ4n) is 2.12. The molecule has 1 aliphatic heterocycles. The molecule has 16 heavy (non-hydrogen) atoms. The second-order valence-electron chi connectivity index (χ2n) is 4.75. The van der Waals surface area contributed by atoms with Gasteiger partial charge in [0.25, 0.3) is 0 Å². The smallest absolute Gasteiger partial charge is 0.119 e. The zero-order valence-corrected chi connectivity index (χ0v) is 10.1. The molecule has 1 heterocycles. The van der Waals surface area contributed by atoms with Crippen LogP contribution >= 0.6 is 0 Å². The van der Waals surface area contributed by atoms with E-state index in [0.29, 0.717) is 6.61 Å². The Labute approximate surface area is 97.2 Å². The molecule has 0 aliphatic carbocycles. The monoisotopic (exact) mass is 220 g/mol. The largest absolute Gasteiger partial charge is 0.494 e. The lowest BCUT2D eigenvalue weighted by atomic mass is 10.0. The highest BCUT2D eigenvalue weighted by Crippen LogP contribution is 2.26. The van der Waals surface area contributed by atoms with E-state index in [1.54, 1.807) is 0 Å². The summed E-state index contributed by atoms with van der Waals surface area (Å²) in [6.45, 7) is 6.79. The average molecular weight is 220 g/mol. The van der Waals surface area contributed by atoms with Gasteiger partial charge in [-0.25, -0.2) is 0 Å². The summed E-state index contributed by atoms with van der Waals surface area (Å²) in [5, 5.41) is 0. The van der Waals surface area contributed by atoms with Crippen molar-refractivity contribution in [1.29, 1.82) is 0 Å². The summed E-state index contributed by atoms with van der Waals surface area (Å²) in [5.41, 5.74) is 7.31. The SMILES string of the molecule is CCOc1ccc(N2CCC(C)(N)C2)cc1. The molecule has 0 bridgehead atoms. The Morgan fingerprint density at radius 1 is 1.38 bits per heavy atom. The Morgan fingerprint density at radius 2 is 2.06 bits per heavy atom. The summed E-state index contributed by atoms with van der Waals surface area (Å²) < 4.78 is 5.42. The van der Waals surface area contributed by atoms with Crippen molar-refractivity contribution >= 4 is 5.69 Å². The predicted molar refractivity (Wildman–Crippen MR) is 67.0 cm³/mol. The van der Waals surface area contributed by atoms with Crippen LogP contribution in [0, 0.1) is 0 Å². The lowest BCUT2D eigenvalue weighted by Crippen LogP contribution is -2.39.